The largest absolute Gasteiger partial charge is 0.478 e. The zero-order valence-corrected chi connectivity index (χ0v) is 7.08. The number of nitrogens with two attached hydrogens (primary N) is 1. The Bertz CT molecular complexity index is 374. The van der Waals surface area contributed by atoms with E-state index in [0.29, 0.717) is 0 Å². The van der Waals surface area contributed by atoms with Crippen molar-refractivity contribution in [1.82, 2.24) is 4.98 Å². The highest BCUT2D eigenvalue weighted by Gasteiger charge is 2.21. The van der Waals surface area contributed by atoms with Crippen molar-refractivity contribution in [2.45, 2.75) is 19.3 Å². The minimum atomic E-state index is -0.969. The van der Waals surface area contributed by atoms with Gasteiger partial charge in [-0.3, -0.25) is 0 Å². The number of nitrogens with zero attached hydrogens (tertiary/aromatic N) is 1. The number of aromatic carboxylic acids is 1. The molecule has 13 heavy (non-hydrogen) atoms. The van der Waals surface area contributed by atoms with Gasteiger partial charge in [0.1, 0.15) is 11.4 Å². The van der Waals surface area contributed by atoms with Crippen LogP contribution in [0.15, 0.2) is 6.20 Å². The molecule has 4 nitrogen and oxygen atoms in total. The first-order valence-electron chi connectivity index (χ1n) is 4.19. The van der Waals surface area contributed by atoms with Crippen LogP contribution in [-0.4, -0.2) is 16.1 Å². The van der Waals surface area contributed by atoms with Crippen molar-refractivity contribution >= 4 is 11.8 Å². The molecular weight excluding hydrogens is 168 g/mol. The molecule has 1 aromatic heterocycles. The van der Waals surface area contributed by atoms with Gasteiger partial charge in [-0.25, -0.2) is 9.78 Å². The smallest absolute Gasteiger partial charge is 0.339 e. The second-order valence-electron chi connectivity index (χ2n) is 3.18. The highest BCUT2D eigenvalue weighted by Crippen LogP contribution is 2.27. The Balaban J connectivity index is 2.65. The molecule has 0 spiro atoms. The van der Waals surface area contributed by atoms with Crippen LogP contribution in [-0.2, 0) is 12.8 Å². The lowest BCUT2D eigenvalue weighted by atomic mass is 10.1. The average Bonchev–Trinajstić information content (AvgIpc) is 2.50. The Morgan fingerprint density at radius 2 is 2.31 bits per heavy atom. The van der Waals surface area contributed by atoms with E-state index in [9.17, 15) is 4.79 Å². The summed E-state index contributed by atoms with van der Waals surface area (Å²) in [6.45, 7) is 0. The molecule has 4 heteroatoms. The van der Waals surface area contributed by atoms with Crippen LogP contribution in [0.3, 0.4) is 0 Å². The Kier molecular flexibility index (Phi) is 1.69. The third-order valence-corrected chi connectivity index (χ3v) is 2.39. The molecule has 0 atom stereocenters. The molecular formula is C9H10N2O2. The van der Waals surface area contributed by atoms with Gasteiger partial charge in [-0.1, -0.05) is 0 Å². The highest BCUT2D eigenvalue weighted by atomic mass is 16.4. The van der Waals surface area contributed by atoms with Crippen molar-refractivity contribution in [3.63, 3.8) is 0 Å². The summed E-state index contributed by atoms with van der Waals surface area (Å²) >= 11 is 0. The molecule has 0 amide bonds. The van der Waals surface area contributed by atoms with E-state index in [4.69, 9.17) is 10.8 Å². The van der Waals surface area contributed by atoms with Crippen LogP contribution in [0.4, 0.5) is 5.82 Å². The Morgan fingerprint density at radius 1 is 1.54 bits per heavy atom. The van der Waals surface area contributed by atoms with Gasteiger partial charge in [0.25, 0.3) is 0 Å². The summed E-state index contributed by atoms with van der Waals surface area (Å²) < 4.78 is 0. The summed E-state index contributed by atoms with van der Waals surface area (Å²) in [6, 6.07) is 0. The number of nitrogen functional groups attached to an aromatic ring is 1. The third kappa shape index (κ3) is 1.14. The quantitative estimate of drug-likeness (QED) is 0.668. The fourth-order valence-electron chi connectivity index (χ4n) is 1.80. The zero-order valence-electron chi connectivity index (χ0n) is 7.08. The molecule has 0 saturated heterocycles. The Morgan fingerprint density at radius 3 is 3.00 bits per heavy atom. The van der Waals surface area contributed by atoms with Gasteiger partial charge in [0.2, 0.25) is 0 Å². The van der Waals surface area contributed by atoms with E-state index >= 15 is 0 Å². The van der Waals surface area contributed by atoms with Crippen molar-refractivity contribution in [3.8, 4) is 0 Å². The number of carboxylic acids is 1. The maximum absolute atomic E-state index is 10.9. The van der Waals surface area contributed by atoms with Crippen LogP contribution in [0.1, 0.15) is 27.9 Å². The lowest BCUT2D eigenvalue weighted by Crippen LogP contribution is -2.08. The second kappa shape index (κ2) is 2.73. The molecule has 0 unspecified atom stereocenters. The minimum absolute atomic E-state index is 0.133. The molecule has 68 valence electrons. The fraction of sp³-hybridized carbons (Fsp3) is 0.333. The number of anilines is 1. The van der Waals surface area contributed by atoms with E-state index < -0.39 is 5.97 Å². The number of hydrogen-bond acceptors (Lipinski definition) is 3. The predicted molar refractivity (Wildman–Crippen MR) is 47.6 cm³/mol. The lowest BCUT2D eigenvalue weighted by molar-refractivity contribution is 0.0696. The van der Waals surface area contributed by atoms with Crippen molar-refractivity contribution in [1.29, 1.82) is 0 Å². The molecule has 0 aromatic carbocycles. The number of fused-ring (bicyclic) bond motifs is 1. The minimum Gasteiger partial charge on any atom is -0.478 e. The van der Waals surface area contributed by atoms with Gasteiger partial charge in [-0.05, 0) is 30.4 Å². The fourth-order valence-corrected chi connectivity index (χ4v) is 1.80. The van der Waals surface area contributed by atoms with Gasteiger partial charge in [0, 0.05) is 6.20 Å². The molecule has 0 aliphatic heterocycles. The van der Waals surface area contributed by atoms with E-state index in [2.05, 4.69) is 4.98 Å². The van der Waals surface area contributed by atoms with E-state index in [1.807, 2.05) is 0 Å². The number of aromatic nitrogens is 1. The summed E-state index contributed by atoms with van der Waals surface area (Å²) in [5, 5.41) is 8.91. The van der Waals surface area contributed by atoms with Gasteiger partial charge in [0.15, 0.2) is 0 Å². The van der Waals surface area contributed by atoms with Crippen LogP contribution < -0.4 is 5.73 Å². The first-order chi connectivity index (χ1) is 6.20. The third-order valence-electron chi connectivity index (χ3n) is 2.39. The van der Waals surface area contributed by atoms with E-state index in [-0.39, 0.29) is 11.4 Å². The average molecular weight is 178 g/mol. The molecule has 1 aliphatic rings. The molecule has 1 aromatic rings. The maximum Gasteiger partial charge on any atom is 0.339 e. The van der Waals surface area contributed by atoms with Gasteiger partial charge in [-0.2, -0.15) is 0 Å². The van der Waals surface area contributed by atoms with Crippen LogP contribution in [0.2, 0.25) is 0 Å². The first kappa shape index (κ1) is 8.04. The van der Waals surface area contributed by atoms with Crippen molar-refractivity contribution in [3.05, 3.63) is 22.9 Å². The maximum atomic E-state index is 10.9. The highest BCUT2D eigenvalue weighted by molar-refractivity contribution is 5.94. The molecule has 0 bridgehead atoms. The molecule has 1 heterocycles. The number of rotatable bonds is 1. The molecule has 2 rings (SSSR count). The molecule has 0 fully saturated rings. The molecule has 0 saturated carbocycles. The molecule has 0 radical (unpaired) electrons. The van der Waals surface area contributed by atoms with Crippen LogP contribution in [0, 0.1) is 0 Å². The topological polar surface area (TPSA) is 76.2 Å². The lowest BCUT2D eigenvalue weighted by Gasteiger charge is -2.05. The number of hydrogen-bond donors (Lipinski definition) is 2. The number of carbonyl (C=O) groups is 1. The number of pyridine rings is 1. The SMILES string of the molecule is Nc1ncc2c(c1C(=O)O)CCC2. The monoisotopic (exact) mass is 178 g/mol. The first-order valence-corrected chi connectivity index (χ1v) is 4.19. The van der Waals surface area contributed by atoms with Crippen LogP contribution >= 0.6 is 0 Å². The van der Waals surface area contributed by atoms with Gasteiger partial charge < -0.3 is 10.8 Å². The summed E-state index contributed by atoms with van der Waals surface area (Å²) in [5.74, 6) is -0.836. The van der Waals surface area contributed by atoms with E-state index in [1.54, 1.807) is 6.20 Å². The molecule has 3 N–H and O–H groups in total. The Hall–Kier alpha value is -1.58. The second-order valence-corrected chi connectivity index (χ2v) is 3.18. The van der Waals surface area contributed by atoms with Gasteiger partial charge in [-0.15, -0.1) is 0 Å². The van der Waals surface area contributed by atoms with Gasteiger partial charge in [0.05, 0.1) is 0 Å². The van der Waals surface area contributed by atoms with E-state index in [1.165, 1.54) is 0 Å². The van der Waals surface area contributed by atoms with Gasteiger partial charge >= 0.3 is 5.97 Å². The number of carboxylic acid groups (broad SMARTS) is 1. The number of aryl methyl sites for hydroxylation is 1. The van der Waals surface area contributed by atoms with Crippen LogP contribution in [0.25, 0.3) is 0 Å². The molecule has 1 aliphatic carbocycles. The van der Waals surface area contributed by atoms with E-state index in [0.717, 1.165) is 30.4 Å². The van der Waals surface area contributed by atoms with Crippen molar-refractivity contribution in [2.24, 2.45) is 0 Å². The van der Waals surface area contributed by atoms with Crippen molar-refractivity contribution in [2.75, 3.05) is 5.73 Å². The summed E-state index contributed by atoms with van der Waals surface area (Å²) in [4.78, 5) is 14.7. The standard InChI is InChI=1S/C9H10N2O2/c10-8-7(9(12)13)6-3-1-2-5(6)4-11-8/h4H,1-3H2,(H2,10,11)(H,12,13). The summed E-state index contributed by atoms with van der Waals surface area (Å²) in [5.41, 5.74) is 7.62. The van der Waals surface area contributed by atoms with Crippen LogP contribution in [0.5, 0.6) is 0 Å². The summed E-state index contributed by atoms with van der Waals surface area (Å²) in [7, 11) is 0. The zero-order chi connectivity index (χ0) is 9.42. The predicted octanol–water partition coefficient (Wildman–Crippen LogP) is 0.851. The Labute approximate surface area is 75.4 Å². The van der Waals surface area contributed by atoms with Crippen molar-refractivity contribution < 1.29 is 9.90 Å². The summed E-state index contributed by atoms with van der Waals surface area (Å²) in [6.07, 6.45) is 4.41. The normalized spacial score (nSPS) is 14.2.